The summed E-state index contributed by atoms with van der Waals surface area (Å²) in [5.74, 6) is 1.82. The van der Waals surface area contributed by atoms with Crippen molar-refractivity contribution in [1.82, 2.24) is 0 Å². The summed E-state index contributed by atoms with van der Waals surface area (Å²) in [7, 11) is -1.35. The van der Waals surface area contributed by atoms with Gasteiger partial charge in [-0.15, -0.1) is 0 Å². The number of hydrogen-bond acceptors (Lipinski definition) is 2. The Hall–Kier alpha value is -5.64. The molecule has 2 aliphatic rings. The first-order valence-corrected chi connectivity index (χ1v) is 17.3. The number of hydrogen-bond donors (Lipinski definition) is 0. The van der Waals surface area contributed by atoms with Crippen molar-refractivity contribution >= 4 is 41.4 Å². The van der Waals surface area contributed by atoms with Gasteiger partial charge in [0.15, 0.2) is 8.80 Å². The zero-order valence-corrected chi connectivity index (χ0v) is 26.2. The van der Waals surface area contributed by atoms with Gasteiger partial charge in [-0.05, 0) is 70.0 Å². The number of nitrogens with zero attached hydrogens (tertiary/aromatic N) is 1. The Bertz CT molecular complexity index is 2110. The first-order valence-electron chi connectivity index (χ1n) is 15.8. The third-order valence-corrected chi connectivity index (χ3v) is 12.3. The fourth-order valence-corrected chi connectivity index (χ4v) is 10.6. The average Bonchev–Trinajstić information content (AvgIpc) is 3.13. The molecule has 0 fully saturated rings. The molecule has 7 aromatic rings. The number of para-hydroxylation sites is 4. The molecule has 0 saturated heterocycles. The highest BCUT2D eigenvalue weighted by Crippen LogP contribution is 2.56. The SMILES string of the molecule is c1ccc(N(c2ccccc2)c2ccc3c(c2)C2(c4ccccc4Oc4ccccc42)c2ccccc2[Si]3c2ccccc2)cc1. The Morgan fingerprint density at radius 3 is 1.48 bits per heavy atom. The van der Waals surface area contributed by atoms with Crippen molar-refractivity contribution in [2.24, 2.45) is 0 Å². The fourth-order valence-electron chi connectivity index (χ4n) is 7.61. The Balaban J connectivity index is 1.42. The van der Waals surface area contributed by atoms with Crippen molar-refractivity contribution in [3.05, 3.63) is 204 Å². The Morgan fingerprint density at radius 1 is 0.391 bits per heavy atom. The van der Waals surface area contributed by atoms with Crippen LogP contribution in [0.3, 0.4) is 0 Å². The normalized spacial score (nSPS) is 13.9. The molecule has 217 valence electrons. The second-order valence-corrected chi connectivity index (χ2v) is 14.3. The number of benzene rings is 7. The highest BCUT2D eigenvalue weighted by atomic mass is 28.3. The van der Waals surface area contributed by atoms with Gasteiger partial charge in [0, 0.05) is 28.2 Å². The van der Waals surface area contributed by atoms with E-state index in [1.807, 2.05) is 0 Å². The smallest absolute Gasteiger partial charge is 0.155 e. The van der Waals surface area contributed by atoms with E-state index in [0.29, 0.717) is 0 Å². The molecule has 7 aromatic carbocycles. The van der Waals surface area contributed by atoms with Gasteiger partial charge in [-0.3, -0.25) is 0 Å². The van der Waals surface area contributed by atoms with Gasteiger partial charge in [-0.2, -0.15) is 0 Å². The third-order valence-electron chi connectivity index (χ3n) is 9.43. The average molecular weight is 605 g/mol. The lowest BCUT2D eigenvalue weighted by atomic mass is 9.63. The Labute approximate surface area is 271 Å². The zero-order chi connectivity index (χ0) is 30.5. The monoisotopic (exact) mass is 604 g/mol. The predicted octanol–water partition coefficient (Wildman–Crippen LogP) is 8.47. The van der Waals surface area contributed by atoms with Gasteiger partial charge in [0.2, 0.25) is 0 Å². The summed E-state index contributed by atoms with van der Waals surface area (Å²) in [6.45, 7) is 0. The maximum Gasteiger partial charge on any atom is 0.155 e. The topological polar surface area (TPSA) is 12.5 Å². The van der Waals surface area contributed by atoms with E-state index in [0.717, 1.165) is 28.6 Å². The molecule has 2 aliphatic heterocycles. The minimum absolute atomic E-state index is 0.560. The van der Waals surface area contributed by atoms with Crippen LogP contribution in [0.5, 0.6) is 11.5 Å². The lowest BCUT2D eigenvalue weighted by Crippen LogP contribution is -2.62. The van der Waals surface area contributed by atoms with Gasteiger partial charge in [0.25, 0.3) is 0 Å². The van der Waals surface area contributed by atoms with Crippen molar-refractivity contribution in [2.75, 3.05) is 4.90 Å². The van der Waals surface area contributed by atoms with E-state index < -0.39 is 14.2 Å². The van der Waals surface area contributed by atoms with E-state index in [4.69, 9.17) is 4.74 Å². The lowest BCUT2D eigenvalue weighted by molar-refractivity contribution is 0.435. The van der Waals surface area contributed by atoms with Crippen LogP contribution in [0, 0.1) is 0 Å². The van der Waals surface area contributed by atoms with Crippen molar-refractivity contribution in [3.8, 4) is 11.5 Å². The number of anilines is 3. The molecule has 0 N–H and O–H groups in total. The molecule has 3 heteroatoms. The standard InChI is InChI=1S/C43H30NOSi/c1-4-16-31(17-5-1)44(32-18-6-2-7-19-32)33-28-29-42-38(30-33)43(35-22-10-13-25-39(35)45-40-26-14-11-23-36(40)43)37-24-12-15-27-41(37)46(42)34-20-8-3-9-21-34/h1-30H. The van der Waals surface area contributed by atoms with Crippen molar-refractivity contribution in [3.63, 3.8) is 0 Å². The van der Waals surface area contributed by atoms with E-state index in [1.54, 1.807) is 0 Å². The molecule has 2 nitrogen and oxygen atoms in total. The van der Waals surface area contributed by atoms with E-state index in [2.05, 4.69) is 187 Å². The first kappa shape index (κ1) is 26.7. The van der Waals surface area contributed by atoms with Crippen LogP contribution in [0.2, 0.25) is 0 Å². The summed E-state index contributed by atoms with van der Waals surface area (Å²) in [6, 6.07) is 66.1. The second kappa shape index (κ2) is 10.8. The van der Waals surface area contributed by atoms with E-state index >= 15 is 0 Å². The number of ether oxygens (including phenoxy) is 1. The Morgan fingerprint density at radius 2 is 0.870 bits per heavy atom. The fraction of sp³-hybridized carbons (Fsp3) is 0.0233. The molecule has 46 heavy (non-hydrogen) atoms. The molecular formula is C43H30NOSi. The molecule has 1 radical (unpaired) electrons. The van der Waals surface area contributed by atoms with Crippen LogP contribution in [-0.4, -0.2) is 8.80 Å². The lowest BCUT2D eigenvalue weighted by Gasteiger charge is -2.47. The van der Waals surface area contributed by atoms with Crippen LogP contribution < -0.4 is 25.2 Å². The molecule has 0 amide bonds. The van der Waals surface area contributed by atoms with Crippen LogP contribution in [-0.2, 0) is 5.41 Å². The van der Waals surface area contributed by atoms with Crippen LogP contribution >= 0.6 is 0 Å². The molecule has 2 heterocycles. The van der Waals surface area contributed by atoms with Gasteiger partial charge in [-0.25, -0.2) is 0 Å². The van der Waals surface area contributed by atoms with Crippen molar-refractivity contribution in [2.45, 2.75) is 5.41 Å². The number of fused-ring (bicyclic) bond motifs is 8. The van der Waals surface area contributed by atoms with Gasteiger partial charge >= 0.3 is 0 Å². The molecule has 9 rings (SSSR count). The van der Waals surface area contributed by atoms with Crippen LogP contribution in [0.4, 0.5) is 17.1 Å². The van der Waals surface area contributed by atoms with Crippen LogP contribution in [0.1, 0.15) is 22.3 Å². The summed E-state index contributed by atoms with van der Waals surface area (Å²) < 4.78 is 6.66. The van der Waals surface area contributed by atoms with E-state index in [9.17, 15) is 0 Å². The zero-order valence-electron chi connectivity index (χ0n) is 25.2. The maximum absolute atomic E-state index is 6.66. The molecule has 1 spiro atoms. The van der Waals surface area contributed by atoms with Gasteiger partial charge in [-0.1, -0.05) is 139 Å². The first-order chi connectivity index (χ1) is 22.8. The van der Waals surface area contributed by atoms with Gasteiger partial charge in [0.1, 0.15) is 11.5 Å². The third kappa shape index (κ3) is 3.95. The van der Waals surface area contributed by atoms with Crippen LogP contribution in [0.25, 0.3) is 0 Å². The molecule has 0 saturated carbocycles. The minimum atomic E-state index is -1.35. The predicted molar refractivity (Wildman–Crippen MR) is 191 cm³/mol. The highest BCUT2D eigenvalue weighted by molar-refractivity contribution is 6.96. The highest BCUT2D eigenvalue weighted by Gasteiger charge is 2.51. The summed E-state index contributed by atoms with van der Waals surface area (Å²) in [5, 5.41) is 4.22. The summed E-state index contributed by atoms with van der Waals surface area (Å²) >= 11 is 0. The molecular weight excluding hydrogens is 575 g/mol. The summed E-state index contributed by atoms with van der Waals surface area (Å²) in [5.41, 5.74) is 7.84. The second-order valence-electron chi connectivity index (χ2n) is 11.9. The number of rotatable bonds is 4. The van der Waals surface area contributed by atoms with Gasteiger partial charge < -0.3 is 9.64 Å². The van der Waals surface area contributed by atoms with Gasteiger partial charge in [0.05, 0.1) is 5.41 Å². The minimum Gasteiger partial charge on any atom is -0.457 e. The molecule has 0 atom stereocenters. The summed E-state index contributed by atoms with van der Waals surface area (Å²) in [4.78, 5) is 2.38. The van der Waals surface area contributed by atoms with Crippen LogP contribution in [0.15, 0.2) is 182 Å². The molecule has 0 bridgehead atoms. The quantitative estimate of drug-likeness (QED) is 0.187. The Kier molecular flexibility index (Phi) is 6.25. The molecule has 0 aliphatic carbocycles. The largest absolute Gasteiger partial charge is 0.457 e. The van der Waals surface area contributed by atoms with Crippen molar-refractivity contribution < 1.29 is 4.74 Å². The summed E-state index contributed by atoms with van der Waals surface area (Å²) in [6.07, 6.45) is 0. The van der Waals surface area contributed by atoms with Crippen molar-refractivity contribution in [1.29, 1.82) is 0 Å². The van der Waals surface area contributed by atoms with E-state index in [1.165, 1.54) is 37.8 Å². The van der Waals surface area contributed by atoms with E-state index in [-0.39, 0.29) is 0 Å². The molecule has 0 aromatic heterocycles. The maximum atomic E-state index is 6.66. The molecule has 0 unspecified atom stereocenters.